The van der Waals surface area contributed by atoms with E-state index in [1.165, 1.54) is 22.5 Å². The molecule has 1 aromatic heterocycles. The van der Waals surface area contributed by atoms with Gasteiger partial charge >= 0.3 is 0 Å². The highest BCUT2D eigenvalue weighted by Gasteiger charge is 2.34. The highest BCUT2D eigenvalue weighted by Crippen LogP contribution is 2.38. The topological polar surface area (TPSA) is 71.1 Å². The minimum atomic E-state index is -0.275. The molecule has 0 radical (unpaired) electrons. The average molecular weight is 392 g/mol. The molecule has 1 unspecified atom stereocenters. The van der Waals surface area contributed by atoms with Crippen LogP contribution in [0.2, 0.25) is 0 Å². The predicted octanol–water partition coefficient (Wildman–Crippen LogP) is 3.37. The van der Waals surface area contributed by atoms with Crippen molar-refractivity contribution < 1.29 is 9.59 Å². The van der Waals surface area contributed by atoms with Crippen LogP contribution in [0.1, 0.15) is 46.8 Å². The summed E-state index contributed by atoms with van der Waals surface area (Å²) in [5.74, 6) is 0.0428. The van der Waals surface area contributed by atoms with Gasteiger partial charge in [-0.2, -0.15) is 0 Å². The summed E-state index contributed by atoms with van der Waals surface area (Å²) in [6.07, 6.45) is 1.98. The molecule has 2 aliphatic rings. The van der Waals surface area contributed by atoms with Gasteiger partial charge in [-0.3, -0.25) is 9.59 Å². The molecule has 138 valence electrons. The van der Waals surface area contributed by atoms with E-state index in [1.807, 2.05) is 12.1 Å². The Hall–Kier alpha value is -1.76. The van der Waals surface area contributed by atoms with Crippen LogP contribution in [0, 0.1) is 5.41 Å². The van der Waals surface area contributed by atoms with Gasteiger partial charge in [-0.15, -0.1) is 12.4 Å². The van der Waals surface area contributed by atoms with Crippen LogP contribution in [0.4, 0.5) is 5.13 Å². The first-order valence-corrected chi connectivity index (χ1v) is 9.37. The summed E-state index contributed by atoms with van der Waals surface area (Å²) in [5.41, 5.74) is 3.21. The van der Waals surface area contributed by atoms with Crippen LogP contribution in [-0.2, 0) is 24.2 Å². The van der Waals surface area contributed by atoms with Gasteiger partial charge in [0.05, 0.1) is 16.6 Å². The number of anilines is 1. The molecule has 5 nitrogen and oxygen atoms in total. The molecule has 2 N–H and O–H groups in total. The summed E-state index contributed by atoms with van der Waals surface area (Å²) in [6, 6.07) is 7.89. The Labute approximate surface area is 163 Å². The summed E-state index contributed by atoms with van der Waals surface area (Å²) in [5, 5.41) is 6.71. The number of Topliss-reactive ketones (excluding diaryl/α,β-unsaturated/α-hetero) is 1. The molecule has 26 heavy (non-hydrogen) atoms. The number of fused-ring (bicyclic) bond motifs is 2. The fourth-order valence-electron chi connectivity index (χ4n) is 3.61. The average Bonchev–Trinajstić information content (AvgIpc) is 2.95. The predicted molar refractivity (Wildman–Crippen MR) is 105 cm³/mol. The molecule has 0 saturated heterocycles. The Morgan fingerprint density at radius 1 is 1.27 bits per heavy atom. The van der Waals surface area contributed by atoms with Gasteiger partial charge in [-0.05, 0) is 29.4 Å². The van der Waals surface area contributed by atoms with E-state index in [-0.39, 0.29) is 35.6 Å². The Kier molecular flexibility index (Phi) is 5.19. The highest BCUT2D eigenvalue weighted by atomic mass is 35.5. The lowest BCUT2D eigenvalue weighted by molar-refractivity contribution is -0.118. The molecule has 1 amide bonds. The molecule has 0 fully saturated rings. The number of ketones is 1. The lowest BCUT2D eigenvalue weighted by Gasteiger charge is -2.26. The first-order chi connectivity index (χ1) is 11.9. The van der Waals surface area contributed by atoms with E-state index in [4.69, 9.17) is 0 Å². The third-order valence-corrected chi connectivity index (χ3v) is 5.92. The molecule has 2 aromatic rings. The van der Waals surface area contributed by atoms with Gasteiger partial charge < -0.3 is 10.6 Å². The van der Waals surface area contributed by atoms with Crippen LogP contribution < -0.4 is 10.6 Å². The molecule has 1 aliphatic carbocycles. The van der Waals surface area contributed by atoms with Crippen LogP contribution in [-0.4, -0.2) is 22.7 Å². The van der Waals surface area contributed by atoms with E-state index in [9.17, 15) is 9.59 Å². The van der Waals surface area contributed by atoms with Gasteiger partial charge in [0.1, 0.15) is 0 Å². The number of hydrogen-bond acceptors (Lipinski definition) is 5. The zero-order valence-electron chi connectivity index (χ0n) is 14.8. The van der Waals surface area contributed by atoms with Gasteiger partial charge in [0, 0.05) is 13.0 Å². The van der Waals surface area contributed by atoms with Crippen molar-refractivity contribution in [1.82, 2.24) is 10.3 Å². The first kappa shape index (κ1) is 19.0. The highest BCUT2D eigenvalue weighted by molar-refractivity contribution is 7.17. The van der Waals surface area contributed by atoms with Gasteiger partial charge in [-0.25, -0.2) is 4.98 Å². The van der Waals surface area contributed by atoms with Crippen LogP contribution in [0.3, 0.4) is 0 Å². The quantitative estimate of drug-likeness (QED) is 0.823. The first-order valence-electron chi connectivity index (χ1n) is 8.55. The lowest BCUT2D eigenvalue weighted by atomic mass is 9.78. The molecule has 1 atom stereocenters. The van der Waals surface area contributed by atoms with Crippen molar-refractivity contribution in [2.45, 2.75) is 45.7 Å². The number of hydrogen-bond donors (Lipinski definition) is 2. The lowest BCUT2D eigenvalue weighted by Crippen LogP contribution is -2.44. The van der Waals surface area contributed by atoms with Crippen LogP contribution in [0.15, 0.2) is 24.3 Å². The number of rotatable bonds is 2. The monoisotopic (exact) mass is 391 g/mol. The molecule has 0 bridgehead atoms. The number of carbonyl (C=O) groups is 2. The van der Waals surface area contributed by atoms with Crippen molar-refractivity contribution in [2.75, 3.05) is 5.32 Å². The minimum absolute atomic E-state index is 0. The Morgan fingerprint density at radius 2 is 2.00 bits per heavy atom. The summed E-state index contributed by atoms with van der Waals surface area (Å²) < 4.78 is 0. The number of aromatic nitrogens is 1. The van der Waals surface area contributed by atoms with E-state index in [1.54, 1.807) is 0 Å². The summed E-state index contributed by atoms with van der Waals surface area (Å²) in [7, 11) is 0. The molecule has 0 spiro atoms. The van der Waals surface area contributed by atoms with Gasteiger partial charge in [0.25, 0.3) is 0 Å². The van der Waals surface area contributed by atoms with Crippen molar-refractivity contribution in [3.63, 3.8) is 0 Å². The van der Waals surface area contributed by atoms with Gasteiger partial charge in [0.15, 0.2) is 10.9 Å². The molecule has 4 rings (SSSR count). The Bertz CT molecular complexity index is 862. The Balaban J connectivity index is 0.00000196. The third kappa shape index (κ3) is 3.68. The van der Waals surface area contributed by atoms with E-state index in [0.29, 0.717) is 29.4 Å². The van der Waals surface area contributed by atoms with Crippen molar-refractivity contribution in [3.8, 4) is 0 Å². The summed E-state index contributed by atoms with van der Waals surface area (Å²) >= 11 is 1.30. The van der Waals surface area contributed by atoms with E-state index >= 15 is 0 Å². The molecular weight excluding hydrogens is 370 g/mol. The number of halogens is 1. The number of amides is 1. The molecular formula is C19H22ClN3O2S. The fourth-order valence-corrected chi connectivity index (χ4v) is 4.53. The van der Waals surface area contributed by atoms with Crippen LogP contribution >= 0.6 is 23.7 Å². The SMILES string of the molecule is CC1(C)CC(=O)c2sc(NC(=O)C3Cc4ccccc4CN3)nc2C1.Cl. The maximum Gasteiger partial charge on any atom is 0.243 e. The molecule has 7 heteroatoms. The summed E-state index contributed by atoms with van der Waals surface area (Å²) in [6.45, 7) is 4.85. The minimum Gasteiger partial charge on any atom is -0.301 e. The molecule has 1 aliphatic heterocycles. The molecule has 1 aromatic carbocycles. The second-order valence-corrected chi connectivity index (χ2v) is 8.63. The largest absolute Gasteiger partial charge is 0.301 e. The maximum atomic E-state index is 12.6. The van der Waals surface area contributed by atoms with Crippen molar-refractivity contribution in [3.05, 3.63) is 46.0 Å². The standard InChI is InChI=1S/C19H21N3O2S.ClH/c1-19(2)8-14-16(15(23)9-19)25-18(21-14)22-17(24)13-7-11-5-3-4-6-12(11)10-20-13;/h3-6,13,20H,7-10H2,1-2H3,(H,21,22,24);1H. The second-order valence-electron chi connectivity index (χ2n) is 7.63. The zero-order chi connectivity index (χ0) is 17.6. The van der Waals surface area contributed by atoms with E-state index < -0.39 is 0 Å². The molecule has 2 heterocycles. The smallest absolute Gasteiger partial charge is 0.243 e. The van der Waals surface area contributed by atoms with Crippen molar-refractivity contribution in [2.24, 2.45) is 5.41 Å². The maximum absolute atomic E-state index is 12.6. The third-order valence-electron chi connectivity index (χ3n) is 4.86. The van der Waals surface area contributed by atoms with Crippen molar-refractivity contribution in [1.29, 1.82) is 0 Å². The number of carbonyl (C=O) groups excluding carboxylic acids is 2. The Morgan fingerprint density at radius 3 is 2.77 bits per heavy atom. The van der Waals surface area contributed by atoms with Crippen molar-refractivity contribution >= 4 is 40.6 Å². The van der Waals surface area contributed by atoms with Crippen LogP contribution in [0.25, 0.3) is 0 Å². The summed E-state index contributed by atoms with van der Waals surface area (Å²) in [4.78, 5) is 30.1. The van der Waals surface area contributed by atoms with E-state index in [0.717, 1.165) is 12.1 Å². The fraction of sp³-hybridized carbons (Fsp3) is 0.421. The number of benzene rings is 1. The van der Waals surface area contributed by atoms with Gasteiger partial charge in [0.2, 0.25) is 5.91 Å². The zero-order valence-corrected chi connectivity index (χ0v) is 16.4. The normalized spacial score (nSPS) is 20.5. The molecule has 0 saturated carbocycles. The number of nitrogens with one attached hydrogen (secondary N) is 2. The van der Waals surface area contributed by atoms with E-state index in [2.05, 4.69) is 41.6 Å². The number of nitrogens with zero attached hydrogens (tertiary/aromatic N) is 1. The number of thiazole rings is 1. The second kappa shape index (κ2) is 7.10. The van der Waals surface area contributed by atoms with Crippen LogP contribution in [0.5, 0.6) is 0 Å². The van der Waals surface area contributed by atoms with Gasteiger partial charge in [-0.1, -0.05) is 49.4 Å².